The molecule has 0 radical (unpaired) electrons. The Hall–Kier alpha value is -2.33. The number of benzene rings is 1. The Balaban J connectivity index is 2.02. The lowest BCUT2D eigenvalue weighted by molar-refractivity contribution is 0.396. The van der Waals surface area contributed by atoms with Crippen molar-refractivity contribution in [3.8, 4) is 5.88 Å². The molecule has 2 N–H and O–H groups in total. The number of hydrogen-bond acceptors (Lipinski definition) is 3. The Morgan fingerprint density at radius 2 is 2.00 bits per heavy atom. The molecule has 102 valence electrons. The largest absolute Gasteiger partial charge is 0.481 e. The fourth-order valence-corrected chi connectivity index (χ4v) is 2.45. The molecule has 3 rings (SSSR count). The highest BCUT2D eigenvalue weighted by atomic mass is 16.5. The van der Waals surface area contributed by atoms with Crippen molar-refractivity contribution in [1.29, 1.82) is 0 Å². The third-order valence-corrected chi connectivity index (χ3v) is 3.41. The Morgan fingerprint density at radius 1 is 1.15 bits per heavy atom. The van der Waals surface area contributed by atoms with Crippen LogP contribution in [0.1, 0.15) is 11.3 Å². The minimum absolute atomic E-state index is 0.541. The van der Waals surface area contributed by atoms with E-state index in [0.29, 0.717) is 19.0 Å². The Bertz CT molecular complexity index is 733. The van der Waals surface area contributed by atoms with Crippen molar-refractivity contribution in [2.75, 3.05) is 7.11 Å². The van der Waals surface area contributed by atoms with Gasteiger partial charge in [-0.25, -0.2) is 4.98 Å². The van der Waals surface area contributed by atoms with Crippen molar-refractivity contribution >= 4 is 10.9 Å². The molecule has 2 aromatic heterocycles. The van der Waals surface area contributed by atoms with E-state index in [4.69, 9.17) is 10.5 Å². The van der Waals surface area contributed by atoms with E-state index in [9.17, 15) is 0 Å². The van der Waals surface area contributed by atoms with Gasteiger partial charge in [-0.2, -0.15) is 0 Å². The van der Waals surface area contributed by atoms with E-state index in [0.717, 1.165) is 11.3 Å². The minimum atomic E-state index is 0.541. The van der Waals surface area contributed by atoms with E-state index >= 15 is 0 Å². The van der Waals surface area contributed by atoms with E-state index in [-0.39, 0.29) is 0 Å². The summed E-state index contributed by atoms with van der Waals surface area (Å²) in [5.74, 6) is 0.637. The van der Waals surface area contributed by atoms with Gasteiger partial charge in [-0.15, -0.1) is 0 Å². The van der Waals surface area contributed by atoms with Crippen LogP contribution in [0.4, 0.5) is 0 Å². The van der Waals surface area contributed by atoms with Gasteiger partial charge in [0.2, 0.25) is 5.88 Å². The van der Waals surface area contributed by atoms with Crippen molar-refractivity contribution in [1.82, 2.24) is 9.55 Å². The van der Waals surface area contributed by atoms with Crippen molar-refractivity contribution in [2.45, 2.75) is 13.1 Å². The van der Waals surface area contributed by atoms with Gasteiger partial charge < -0.3 is 15.0 Å². The van der Waals surface area contributed by atoms with Crippen LogP contribution in [-0.2, 0) is 13.1 Å². The molecule has 0 fully saturated rings. The lowest BCUT2D eigenvalue weighted by atomic mass is 10.2. The summed E-state index contributed by atoms with van der Waals surface area (Å²) in [5.41, 5.74) is 9.12. The second kappa shape index (κ2) is 5.35. The smallest absolute Gasteiger partial charge is 0.213 e. The fourth-order valence-electron chi connectivity index (χ4n) is 2.45. The third-order valence-electron chi connectivity index (χ3n) is 3.41. The summed E-state index contributed by atoms with van der Waals surface area (Å²) in [5, 5.41) is 1.21. The predicted octanol–water partition coefficient (Wildman–Crippen LogP) is 2.55. The number of aromatic nitrogens is 2. The maximum Gasteiger partial charge on any atom is 0.213 e. The summed E-state index contributed by atoms with van der Waals surface area (Å²) in [7, 11) is 1.63. The topological polar surface area (TPSA) is 53.1 Å². The van der Waals surface area contributed by atoms with Gasteiger partial charge in [-0.1, -0.05) is 24.3 Å². The fraction of sp³-hybridized carbons (Fsp3) is 0.188. The lowest BCUT2D eigenvalue weighted by Crippen LogP contribution is -2.01. The molecule has 3 aromatic rings. The lowest BCUT2D eigenvalue weighted by Gasteiger charge is -2.06. The Morgan fingerprint density at radius 3 is 2.80 bits per heavy atom. The summed E-state index contributed by atoms with van der Waals surface area (Å²) >= 11 is 0. The molecular formula is C16H17N3O. The van der Waals surface area contributed by atoms with Crippen molar-refractivity contribution < 1.29 is 4.74 Å². The predicted molar refractivity (Wildman–Crippen MR) is 79.7 cm³/mol. The Labute approximate surface area is 117 Å². The number of pyridine rings is 1. The SMILES string of the molecule is COc1cccc(Cn2cc(CN)c3ccccc32)n1. The van der Waals surface area contributed by atoms with Crippen LogP contribution >= 0.6 is 0 Å². The first-order valence-corrected chi connectivity index (χ1v) is 6.58. The molecule has 0 bridgehead atoms. The number of nitrogens with two attached hydrogens (primary N) is 1. The standard InChI is InChI=1S/C16H17N3O/c1-20-16-8-4-5-13(18-16)11-19-10-12(9-17)14-6-2-3-7-15(14)19/h2-8,10H,9,11,17H2,1H3. The number of fused-ring (bicyclic) bond motifs is 1. The van der Waals surface area contributed by atoms with Gasteiger partial charge in [0.25, 0.3) is 0 Å². The normalized spacial score (nSPS) is 10.9. The molecule has 0 aliphatic carbocycles. The van der Waals surface area contributed by atoms with Gasteiger partial charge in [-0.05, 0) is 17.7 Å². The van der Waals surface area contributed by atoms with Gasteiger partial charge in [0, 0.05) is 29.7 Å². The van der Waals surface area contributed by atoms with Crippen LogP contribution in [0.3, 0.4) is 0 Å². The molecule has 0 saturated heterocycles. The third kappa shape index (κ3) is 2.26. The number of rotatable bonds is 4. The zero-order chi connectivity index (χ0) is 13.9. The van der Waals surface area contributed by atoms with Crippen LogP contribution < -0.4 is 10.5 Å². The van der Waals surface area contributed by atoms with Crippen LogP contribution in [0.5, 0.6) is 5.88 Å². The highest BCUT2D eigenvalue weighted by Gasteiger charge is 2.08. The first-order chi connectivity index (χ1) is 9.81. The molecular weight excluding hydrogens is 250 g/mol. The highest BCUT2D eigenvalue weighted by Crippen LogP contribution is 2.22. The van der Waals surface area contributed by atoms with Gasteiger partial charge in [0.1, 0.15) is 0 Å². The minimum Gasteiger partial charge on any atom is -0.481 e. The van der Waals surface area contributed by atoms with Crippen LogP contribution in [0.15, 0.2) is 48.7 Å². The molecule has 4 nitrogen and oxygen atoms in total. The number of para-hydroxylation sites is 1. The molecule has 20 heavy (non-hydrogen) atoms. The monoisotopic (exact) mass is 267 g/mol. The maximum absolute atomic E-state index is 5.82. The molecule has 4 heteroatoms. The van der Waals surface area contributed by atoms with Crippen LogP contribution in [-0.4, -0.2) is 16.7 Å². The van der Waals surface area contributed by atoms with Gasteiger partial charge >= 0.3 is 0 Å². The van der Waals surface area contributed by atoms with E-state index in [1.165, 1.54) is 10.9 Å². The first kappa shape index (κ1) is 12.7. The van der Waals surface area contributed by atoms with E-state index in [1.807, 2.05) is 30.3 Å². The van der Waals surface area contributed by atoms with Gasteiger partial charge in [-0.3, -0.25) is 0 Å². The number of ether oxygens (including phenoxy) is 1. The maximum atomic E-state index is 5.82. The molecule has 1 aromatic carbocycles. The number of hydrogen-bond donors (Lipinski definition) is 1. The van der Waals surface area contributed by atoms with E-state index in [2.05, 4.69) is 27.9 Å². The summed E-state index contributed by atoms with van der Waals surface area (Å²) < 4.78 is 7.35. The van der Waals surface area contributed by atoms with Crippen LogP contribution in [0, 0.1) is 0 Å². The number of methoxy groups -OCH3 is 1. The molecule has 2 heterocycles. The quantitative estimate of drug-likeness (QED) is 0.790. The molecule has 0 atom stereocenters. The van der Waals surface area contributed by atoms with Gasteiger partial charge in [0.15, 0.2) is 0 Å². The van der Waals surface area contributed by atoms with Crippen LogP contribution in [0.2, 0.25) is 0 Å². The molecule has 0 aliphatic rings. The zero-order valence-electron chi connectivity index (χ0n) is 11.4. The average Bonchev–Trinajstić information content (AvgIpc) is 2.86. The first-order valence-electron chi connectivity index (χ1n) is 6.58. The summed E-state index contributed by atoms with van der Waals surface area (Å²) in [6.45, 7) is 1.25. The summed E-state index contributed by atoms with van der Waals surface area (Å²) in [6.07, 6.45) is 2.10. The van der Waals surface area contributed by atoms with Crippen molar-refractivity contribution in [2.24, 2.45) is 5.73 Å². The van der Waals surface area contributed by atoms with Crippen LogP contribution in [0.25, 0.3) is 10.9 Å². The van der Waals surface area contributed by atoms with Crippen molar-refractivity contribution in [3.63, 3.8) is 0 Å². The second-order valence-corrected chi connectivity index (χ2v) is 4.67. The van der Waals surface area contributed by atoms with E-state index < -0.39 is 0 Å². The molecule has 0 aliphatic heterocycles. The van der Waals surface area contributed by atoms with Crippen molar-refractivity contribution in [3.05, 3.63) is 59.9 Å². The summed E-state index contributed by atoms with van der Waals surface area (Å²) in [6, 6.07) is 14.1. The molecule has 0 unspecified atom stereocenters. The molecule has 0 amide bonds. The molecule has 0 spiro atoms. The highest BCUT2D eigenvalue weighted by molar-refractivity contribution is 5.84. The zero-order valence-corrected chi connectivity index (χ0v) is 11.4. The second-order valence-electron chi connectivity index (χ2n) is 4.67. The molecule has 0 saturated carbocycles. The Kier molecular flexibility index (Phi) is 3.39. The number of nitrogens with zero attached hydrogens (tertiary/aromatic N) is 2. The van der Waals surface area contributed by atoms with Gasteiger partial charge in [0.05, 0.1) is 19.3 Å². The summed E-state index contributed by atoms with van der Waals surface area (Å²) in [4.78, 5) is 4.45. The average molecular weight is 267 g/mol. The van der Waals surface area contributed by atoms with E-state index in [1.54, 1.807) is 7.11 Å².